The second-order valence-electron chi connectivity index (χ2n) is 7.47. The number of halogens is 1. The Kier molecular flexibility index (Phi) is 6.80. The van der Waals surface area contributed by atoms with Crippen LogP contribution in [0.5, 0.6) is 11.5 Å². The normalized spacial score (nSPS) is 14.5. The van der Waals surface area contributed by atoms with Gasteiger partial charge < -0.3 is 9.47 Å². The summed E-state index contributed by atoms with van der Waals surface area (Å²) in [7, 11) is 0. The molecule has 0 bridgehead atoms. The zero-order chi connectivity index (χ0) is 23.4. The van der Waals surface area contributed by atoms with Crippen molar-refractivity contribution in [1.29, 1.82) is 0 Å². The van der Waals surface area contributed by atoms with Crippen molar-refractivity contribution >= 4 is 35.1 Å². The molecule has 0 atom stereocenters. The van der Waals surface area contributed by atoms with Crippen LogP contribution in [0.3, 0.4) is 0 Å². The number of benzene rings is 3. The van der Waals surface area contributed by atoms with Crippen LogP contribution in [0.25, 0.3) is 6.08 Å². The van der Waals surface area contributed by atoms with E-state index in [-0.39, 0.29) is 5.91 Å². The fourth-order valence-electron chi connectivity index (χ4n) is 3.67. The van der Waals surface area contributed by atoms with Crippen molar-refractivity contribution in [3.05, 3.63) is 94.1 Å². The largest absolute Gasteiger partial charge is 0.490 e. The number of hydrogen-bond acceptors (Lipinski definition) is 4. The summed E-state index contributed by atoms with van der Waals surface area (Å²) in [5, 5.41) is 0.605. The summed E-state index contributed by atoms with van der Waals surface area (Å²) in [5.74, 6) is 1.69. The molecule has 0 radical (unpaired) electrons. The van der Waals surface area contributed by atoms with Crippen molar-refractivity contribution in [1.82, 2.24) is 0 Å². The van der Waals surface area contributed by atoms with Gasteiger partial charge in [0.15, 0.2) is 11.5 Å². The molecule has 0 N–H and O–H groups in total. The van der Waals surface area contributed by atoms with Gasteiger partial charge in [-0.3, -0.25) is 9.69 Å². The number of carbonyl (C=O) groups excluding carboxylic acids is 1. The number of hydrogen-bond donors (Lipinski definition) is 0. The van der Waals surface area contributed by atoms with Crippen LogP contribution >= 0.6 is 11.6 Å². The van der Waals surface area contributed by atoms with Gasteiger partial charge >= 0.3 is 0 Å². The highest BCUT2D eigenvalue weighted by Crippen LogP contribution is 2.32. The van der Waals surface area contributed by atoms with Crippen molar-refractivity contribution < 1.29 is 14.3 Å². The molecule has 3 aromatic carbocycles. The number of anilines is 1. The number of carbonyl (C=O) groups is 1. The Morgan fingerprint density at radius 2 is 1.64 bits per heavy atom. The molecule has 0 aliphatic carbocycles. The van der Waals surface area contributed by atoms with Crippen LogP contribution in [0.4, 0.5) is 5.69 Å². The first-order valence-corrected chi connectivity index (χ1v) is 11.3. The maximum absolute atomic E-state index is 13.5. The number of amides is 1. The van der Waals surface area contributed by atoms with Crippen molar-refractivity contribution in [3.63, 3.8) is 0 Å². The summed E-state index contributed by atoms with van der Waals surface area (Å²) in [4.78, 5) is 19.9. The molecule has 1 heterocycles. The van der Waals surface area contributed by atoms with Gasteiger partial charge in [0.1, 0.15) is 11.5 Å². The van der Waals surface area contributed by atoms with Crippen LogP contribution in [0.2, 0.25) is 5.02 Å². The summed E-state index contributed by atoms with van der Waals surface area (Å²) in [5.41, 5.74) is 3.78. The third-order valence-corrected chi connectivity index (χ3v) is 5.45. The highest BCUT2D eigenvalue weighted by Gasteiger charge is 2.33. The molecule has 0 spiro atoms. The van der Waals surface area contributed by atoms with E-state index in [1.165, 1.54) is 0 Å². The van der Waals surface area contributed by atoms with Gasteiger partial charge in [-0.2, -0.15) is 0 Å². The van der Waals surface area contributed by atoms with Crippen LogP contribution < -0.4 is 14.4 Å². The topological polar surface area (TPSA) is 51.1 Å². The lowest BCUT2D eigenvalue weighted by Gasteiger charge is -2.19. The highest BCUT2D eigenvalue weighted by atomic mass is 35.5. The van der Waals surface area contributed by atoms with Crippen molar-refractivity contribution in [2.24, 2.45) is 4.99 Å². The second kappa shape index (κ2) is 9.92. The quantitative estimate of drug-likeness (QED) is 0.390. The summed E-state index contributed by atoms with van der Waals surface area (Å²) >= 11 is 6.08. The minimum absolute atomic E-state index is 0.206. The molecule has 5 nitrogen and oxygen atoms in total. The second-order valence-corrected chi connectivity index (χ2v) is 7.91. The Bertz CT molecular complexity index is 1230. The van der Waals surface area contributed by atoms with Crippen LogP contribution in [0, 0.1) is 6.92 Å². The summed E-state index contributed by atoms with van der Waals surface area (Å²) in [6, 6.07) is 20.7. The molecular formula is C27H25ClN2O3. The van der Waals surface area contributed by atoms with Gasteiger partial charge in [0.2, 0.25) is 0 Å². The van der Waals surface area contributed by atoms with Crippen molar-refractivity contribution in [2.45, 2.75) is 20.8 Å². The molecule has 168 valence electrons. The van der Waals surface area contributed by atoms with Gasteiger partial charge in [-0.05, 0) is 74.4 Å². The smallest absolute Gasteiger partial charge is 0.282 e. The third-order valence-electron chi connectivity index (χ3n) is 5.20. The maximum atomic E-state index is 13.5. The average Bonchev–Trinajstić information content (AvgIpc) is 3.12. The van der Waals surface area contributed by atoms with Crippen molar-refractivity contribution in [2.75, 3.05) is 18.1 Å². The average molecular weight is 461 g/mol. The number of aryl methyl sites for hydroxylation is 1. The summed E-state index contributed by atoms with van der Waals surface area (Å²) in [6.45, 7) is 6.91. The van der Waals surface area contributed by atoms with E-state index in [0.29, 0.717) is 47.0 Å². The lowest BCUT2D eigenvalue weighted by atomic mass is 10.1. The Morgan fingerprint density at radius 3 is 2.33 bits per heavy atom. The molecular weight excluding hydrogens is 436 g/mol. The van der Waals surface area contributed by atoms with E-state index in [4.69, 9.17) is 26.1 Å². The summed E-state index contributed by atoms with van der Waals surface area (Å²) in [6.07, 6.45) is 1.77. The number of amidine groups is 1. The molecule has 6 heteroatoms. The summed E-state index contributed by atoms with van der Waals surface area (Å²) < 4.78 is 11.4. The number of nitrogens with zero attached hydrogens (tertiary/aromatic N) is 2. The fourth-order valence-corrected chi connectivity index (χ4v) is 3.79. The van der Waals surface area contributed by atoms with Gasteiger partial charge in [0.05, 0.1) is 18.9 Å². The van der Waals surface area contributed by atoms with E-state index in [2.05, 4.69) is 0 Å². The minimum Gasteiger partial charge on any atom is -0.490 e. The maximum Gasteiger partial charge on any atom is 0.282 e. The molecule has 1 amide bonds. The van der Waals surface area contributed by atoms with E-state index in [1.807, 2.05) is 75.4 Å². The van der Waals surface area contributed by atoms with Crippen molar-refractivity contribution in [3.8, 4) is 11.5 Å². The first-order chi connectivity index (χ1) is 16.0. The number of aliphatic imine (C=N–C) groups is 1. The molecule has 0 unspecified atom stereocenters. The monoisotopic (exact) mass is 460 g/mol. The van der Waals surface area contributed by atoms with Gasteiger partial charge in [0, 0.05) is 10.6 Å². The SMILES string of the molecule is CCOc1ccc(/C=C2\N=C(c3ccccc3C)N(c3ccc(Cl)cc3)C2=O)cc1OCC. The molecule has 0 fully saturated rings. The molecule has 0 saturated carbocycles. The van der Waals surface area contributed by atoms with Gasteiger partial charge in [-0.15, -0.1) is 0 Å². The lowest BCUT2D eigenvalue weighted by Crippen LogP contribution is -2.33. The van der Waals surface area contributed by atoms with Crippen LogP contribution in [0.15, 0.2) is 77.4 Å². The Balaban J connectivity index is 1.79. The molecule has 1 aliphatic heterocycles. The predicted octanol–water partition coefficient (Wildman–Crippen LogP) is 6.28. The van der Waals surface area contributed by atoms with Crippen LogP contribution in [-0.4, -0.2) is 25.0 Å². The van der Waals surface area contributed by atoms with E-state index in [0.717, 1.165) is 16.7 Å². The van der Waals surface area contributed by atoms with Gasteiger partial charge in [-0.25, -0.2) is 4.99 Å². The van der Waals surface area contributed by atoms with E-state index >= 15 is 0 Å². The third kappa shape index (κ3) is 4.78. The van der Waals surface area contributed by atoms with Crippen LogP contribution in [-0.2, 0) is 4.79 Å². The first-order valence-electron chi connectivity index (χ1n) is 10.9. The zero-order valence-electron chi connectivity index (χ0n) is 18.8. The number of rotatable bonds is 7. The molecule has 4 rings (SSSR count). The van der Waals surface area contributed by atoms with E-state index < -0.39 is 0 Å². The molecule has 33 heavy (non-hydrogen) atoms. The Labute approximate surface area is 198 Å². The lowest BCUT2D eigenvalue weighted by molar-refractivity contribution is -0.113. The first kappa shape index (κ1) is 22.6. The fraction of sp³-hybridized carbons (Fsp3) is 0.185. The van der Waals surface area contributed by atoms with Gasteiger partial charge in [-0.1, -0.05) is 41.9 Å². The predicted molar refractivity (Wildman–Crippen MR) is 133 cm³/mol. The van der Waals surface area contributed by atoms with Crippen LogP contribution in [0.1, 0.15) is 30.5 Å². The minimum atomic E-state index is -0.206. The zero-order valence-corrected chi connectivity index (χ0v) is 19.6. The molecule has 0 aromatic heterocycles. The number of ether oxygens (including phenoxy) is 2. The van der Waals surface area contributed by atoms with E-state index in [1.54, 1.807) is 23.1 Å². The van der Waals surface area contributed by atoms with E-state index in [9.17, 15) is 4.79 Å². The Hall–Kier alpha value is -3.57. The highest BCUT2D eigenvalue weighted by molar-refractivity contribution is 6.34. The standard InChI is InChI=1S/C27H25ClN2O3/c1-4-32-24-15-10-19(17-25(24)33-5-2)16-23-27(31)30(21-13-11-20(28)12-14-21)26(29-23)22-9-7-6-8-18(22)3/h6-17H,4-5H2,1-3H3/b23-16-. The molecule has 1 aliphatic rings. The Morgan fingerprint density at radius 1 is 0.939 bits per heavy atom. The van der Waals surface area contributed by atoms with Gasteiger partial charge in [0.25, 0.3) is 5.91 Å². The molecule has 0 saturated heterocycles. The molecule has 3 aromatic rings.